The molecule has 3 rings (SSSR count). The zero-order chi connectivity index (χ0) is 14.7. The SMILES string of the molecule is CN[C@@H]1CCN(C2=CN(Cc3ccc(C)cc3)NC=C2)C1. The van der Waals surface area contributed by atoms with Crippen LogP contribution in [0.4, 0.5) is 0 Å². The topological polar surface area (TPSA) is 30.5 Å². The quantitative estimate of drug-likeness (QED) is 0.885. The summed E-state index contributed by atoms with van der Waals surface area (Å²) in [6, 6.07) is 9.32. The molecular formula is C17H24N4. The fourth-order valence-corrected chi connectivity index (χ4v) is 2.86. The molecule has 4 nitrogen and oxygen atoms in total. The summed E-state index contributed by atoms with van der Waals surface area (Å²) in [4.78, 5) is 2.45. The highest BCUT2D eigenvalue weighted by Gasteiger charge is 2.22. The fourth-order valence-electron chi connectivity index (χ4n) is 2.86. The van der Waals surface area contributed by atoms with Crippen molar-refractivity contribution in [3.05, 3.63) is 59.6 Å². The zero-order valence-corrected chi connectivity index (χ0v) is 12.8. The number of aryl methyl sites for hydroxylation is 1. The Morgan fingerprint density at radius 1 is 1.29 bits per heavy atom. The van der Waals surface area contributed by atoms with Gasteiger partial charge >= 0.3 is 0 Å². The first-order valence-corrected chi connectivity index (χ1v) is 7.63. The summed E-state index contributed by atoms with van der Waals surface area (Å²) in [6.07, 6.45) is 7.60. The van der Waals surface area contributed by atoms with Gasteiger partial charge in [-0.15, -0.1) is 0 Å². The average Bonchev–Trinajstić information content (AvgIpc) is 2.99. The van der Waals surface area contributed by atoms with Crippen molar-refractivity contribution in [1.82, 2.24) is 20.7 Å². The van der Waals surface area contributed by atoms with Crippen molar-refractivity contribution < 1.29 is 0 Å². The van der Waals surface area contributed by atoms with Crippen LogP contribution in [-0.4, -0.2) is 36.1 Å². The largest absolute Gasteiger partial charge is 0.369 e. The number of rotatable bonds is 4. The van der Waals surface area contributed by atoms with Gasteiger partial charge in [-0.25, -0.2) is 0 Å². The molecule has 0 bridgehead atoms. The molecule has 2 heterocycles. The van der Waals surface area contributed by atoms with E-state index in [9.17, 15) is 0 Å². The van der Waals surface area contributed by atoms with Crippen LogP contribution in [0.5, 0.6) is 0 Å². The summed E-state index contributed by atoms with van der Waals surface area (Å²) >= 11 is 0. The molecule has 0 saturated carbocycles. The van der Waals surface area contributed by atoms with E-state index >= 15 is 0 Å². The lowest BCUT2D eigenvalue weighted by Crippen LogP contribution is -2.35. The van der Waals surface area contributed by atoms with Gasteiger partial charge in [0.05, 0.1) is 12.2 Å². The molecule has 0 unspecified atom stereocenters. The van der Waals surface area contributed by atoms with E-state index in [4.69, 9.17) is 0 Å². The minimum absolute atomic E-state index is 0.611. The van der Waals surface area contributed by atoms with Gasteiger partial charge in [0, 0.05) is 31.5 Å². The van der Waals surface area contributed by atoms with Crippen LogP contribution in [0.3, 0.4) is 0 Å². The molecule has 0 radical (unpaired) electrons. The van der Waals surface area contributed by atoms with E-state index in [0.717, 1.165) is 19.6 Å². The highest BCUT2D eigenvalue weighted by molar-refractivity contribution is 5.24. The first-order valence-electron chi connectivity index (χ1n) is 7.63. The third-order valence-corrected chi connectivity index (χ3v) is 4.22. The maximum Gasteiger partial charge on any atom is 0.0638 e. The molecule has 2 aliphatic rings. The van der Waals surface area contributed by atoms with Crippen molar-refractivity contribution in [3.8, 4) is 0 Å². The molecule has 1 atom stereocenters. The second-order valence-corrected chi connectivity index (χ2v) is 5.85. The lowest BCUT2D eigenvalue weighted by atomic mass is 10.1. The second kappa shape index (κ2) is 6.22. The van der Waals surface area contributed by atoms with Gasteiger partial charge in [0.25, 0.3) is 0 Å². The molecule has 2 N–H and O–H groups in total. The molecule has 21 heavy (non-hydrogen) atoms. The molecule has 4 heteroatoms. The van der Waals surface area contributed by atoms with Crippen LogP contribution in [0.25, 0.3) is 0 Å². The summed E-state index contributed by atoms with van der Waals surface area (Å²) in [5, 5.41) is 5.51. The molecule has 0 amide bonds. The normalized spacial score (nSPS) is 21.4. The molecule has 0 spiro atoms. The van der Waals surface area contributed by atoms with Crippen LogP contribution in [0.1, 0.15) is 17.5 Å². The Balaban J connectivity index is 1.65. The van der Waals surface area contributed by atoms with Crippen LogP contribution in [0, 0.1) is 6.92 Å². The maximum absolute atomic E-state index is 3.37. The Kier molecular flexibility index (Phi) is 4.15. The summed E-state index contributed by atoms with van der Waals surface area (Å²) < 4.78 is 0. The van der Waals surface area contributed by atoms with Crippen LogP contribution in [0.15, 0.2) is 48.4 Å². The van der Waals surface area contributed by atoms with Crippen LogP contribution in [0.2, 0.25) is 0 Å². The van der Waals surface area contributed by atoms with Crippen molar-refractivity contribution in [2.75, 3.05) is 20.1 Å². The van der Waals surface area contributed by atoms with Gasteiger partial charge in [0.15, 0.2) is 0 Å². The monoisotopic (exact) mass is 284 g/mol. The third-order valence-electron chi connectivity index (χ3n) is 4.22. The number of hydrogen-bond acceptors (Lipinski definition) is 4. The van der Waals surface area contributed by atoms with Crippen molar-refractivity contribution in [3.63, 3.8) is 0 Å². The number of nitrogens with zero attached hydrogens (tertiary/aromatic N) is 2. The summed E-state index contributed by atoms with van der Waals surface area (Å²) in [6.45, 7) is 5.21. The van der Waals surface area contributed by atoms with Gasteiger partial charge in [-0.05, 0) is 32.0 Å². The number of benzene rings is 1. The highest BCUT2D eigenvalue weighted by Crippen LogP contribution is 2.19. The molecule has 2 aliphatic heterocycles. The number of allylic oxidation sites excluding steroid dienone is 1. The molecule has 1 saturated heterocycles. The minimum Gasteiger partial charge on any atom is -0.369 e. The van der Waals surface area contributed by atoms with Crippen molar-refractivity contribution in [1.29, 1.82) is 0 Å². The minimum atomic E-state index is 0.611. The standard InChI is InChI=1S/C17H24N4/c1-14-3-5-15(6-4-14)11-21-13-17(7-9-19-21)20-10-8-16(12-20)18-2/h3-7,9,13,16,18-19H,8,10-12H2,1-2H3/t16-/m1/s1. The van der Waals surface area contributed by atoms with E-state index in [1.54, 1.807) is 0 Å². The Morgan fingerprint density at radius 3 is 2.81 bits per heavy atom. The van der Waals surface area contributed by atoms with Crippen molar-refractivity contribution in [2.45, 2.75) is 25.9 Å². The number of likely N-dealkylation sites (tertiary alicyclic amines) is 1. The van der Waals surface area contributed by atoms with Gasteiger partial charge < -0.3 is 15.6 Å². The Hall–Kier alpha value is -1.94. The summed E-state index contributed by atoms with van der Waals surface area (Å²) in [7, 11) is 2.05. The Bertz CT molecular complexity index is 532. The highest BCUT2D eigenvalue weighted by atomic mass is 15.5. The molecule has 1 aromatic carbocycles. The van der Waals surface area contributed by atoms with Gasteiger partial charge in [0.1, 0.15) is 0 Å². The van der Waals surface area contributed by atoms with Gasteiger partial charge in [0.2, 0.25) is 0 Å². The van der Waals surface area contributed by atoms with Gasteiger partial charge in [-0.1, -0.05) is 29.8 Å². The molecular weight excluding hydrogens is 260 g/mol. The molecule has 112 valence electrons. The average molecular weight is 284 g/mol. The van der Waals surface area contributed by atoms with Crippen molar-refractivity contribution in [2.24, 2.45) is 0 Å². The van der Waals surface area contributed by atoms with Gasteiger partial charge in [-0.2, -0.15) is 0 Å². The first kappa shape index (κ1) is 14.0. The van der Waals surface area contributed by atoms with Gasteiger partial charge in [-0.3, -0.25) is 5.01 Å². The van der Waals surface area contributed by atoms with E-state index < -0.39 is 0 Å². The molecule has 1 fully saturated rings. The predicted octanol–water partition coefficient (Wildman–Crippen LogP) is 1.96. The zero-order valence-electron chi connectivity index (χ0n) is 12.8. The predicted molar refractivity (Wildman–Crippen MR) is 86.1 cm³/mol. The number of nitrogens with one attached hydrogen (secondary N) is 2. The van der Waals surface area contributed by atoms with Crippen LogP contribution < -0.4 is 10.7 Å². The fraction of sp³-hybridized carbons (Fsp3) is 0.412. The third kappa shape index (κ3) is 3.39. The Morgan fingerprint density at radius 2 is 2.10 bits per heavy atom. The molecule has 1 aromatic rings. The Labute approximate surface area is 127 Å². The first-order chi connectivity index (χ1) is 10.2. The number of hydrogen-bond donors (Lipinski definition) is 2. The van der Waals surface area contributed by atoms with Crippen LogP contribution in [-0.2, 0) is 6.54 Å². The smallest absolute Gasteiger partial charge is 0.0638 e. The summed E-state index contributed by atoms with van der Waals surface area (Å²) in [5.74, 6) is 0. The van der Waals surface area contributed by atoms with E-state index in [-0.39, 0.29) is 0 Å². The van der Waals surface area contributed by atoms with E-state index in [0.29, 0.717) is 6.04 Å². The molecule has 0 aliphatic carbocycles. The number of hydrazine groups is 1. The lowest BCUT2D eigenvalue weighted by molar-refractivity contribution is 0.285. The van der Waals surface area contributed by atoms with Crippen LogP contribution >= 0.6 is 0 Å². The lowest BCUT2D eigenvalue weighted by Gasteiger charge is -2.29. The molecule has 0 aromatic heterocycles. The van der Waals surface area contributed by atoms with E-state index in [2.05, 4.69) is 64.1 Å². The number of likely N-dealkylation sites (N-methyl/N-ethyl adjacent to an activating group) is 1. The second-order valence-electron chi connectivity index (χ2n) is 5.85. The van der Waals surface area contributed by atoms with Crippen molar-refractivity contribution >= 4 is 0 Å². The van der Waals surface area contributed by atoms with E-state index in [1.807, 2.05) is 13.2 Å². The van der Waals surface area contributed by atoms with E-state index in [1.165, 1.54) is 23.2 Å². The summed E-state index contributed by atoms with van der Waals surface area (Å²) in [5.41, 5.74) is 7.20. The maximum atomic E-state index is 3.37.